The fourth-order valence-corrected chi connectivity index (χ4v) is 3.59. The van der Waals surface area contributed by atoms with Gasteiger partial charge >= 0.3 is 0 Å². The van der Waals surface area contributed by atoms with Gasteiger partial charge in [0.15, 0.2) is 0 Å². The number of ketones is 1. The molecule has 30 heavy (non-hydrogen) atoms. The second-order valence-corrected chi connectivity index (χ2v) is 6.75. The van der Waals surface area contributed by atoms with Crippen LogP contribution in [-0.2, 0) is 9.59 Å². The molecule has 150 valence electrons. The Kier molecular flexibility index (Phi) is 5.30. The van der Waals surface area contributed by atoms with Gasteiger partial charge in [0.05, 0.1) is 18.2 Å². The Balaban J connectivity index is 1.91. The molecule has 2 heterocycles. The minimum Gasteiger partial charge on any atom is -0.507 e. The maximum absolute atomic E-state index is 13.1. The average Bonchev–Trinajstić information content (AvgIpc) is 3.05. The average molecular weight is 400 g/mol. The van der Waals surface area contributed by atoms with Crippen molar-refractivity contribution >= 4 is 23.1 Å². The van der Waals surface area contributed by atoms with Crippen LogP contribution in [0.2, 0.25) is 0 Å². The van der Waals surface area contributed by atoms with Crippen molar-refractivity contribution in [2.75, 3.05) is 11.5 Å². The van der Waals surface area contributed by atoms with E-state index in [1.165, 1.54) is 4.90 Å². The smallest absolute Gasteiger partial charge is 0.300 e. The largest absolute Gasteiger partial charge is 0.507 e. The number of ether oxygens (including phenoxy) is 1. The molecule has 3 aromatic rings. The van der Waals surface area contributed by atoms with Crippen LogP contribution in [0.5, 0.6) is 5.75 Å². The number of benzene rings is 2. The first-order chi connectivity index (χ1) is 14.6. The Labute approximate surface area is 174 Å². The van der Waals surface area contributed by atoms with Crippen LogP contribution in [0, 0.1) is 0 Å². The van der Waals surface area contributed by atoms with E-state index < -0.39 is 17.7 Å². The van der Waals surface area contributed by atoms with Gasteiger partial charge in [0, 0.05) is 29.7 Å². The number of hydrogen-bond donors (Lipinski definition) is 1. The zero-order chi connectivity index (χ0) is 21.1. The molecule has 0 aliphatic carbocycles. The van der Waals surface area contributed by atoms with E-state index in [0.717, 1.165) is 0 Å². The van der Waals surface area contributed by atoms with Crippen molar-refractivity contribution < 1.29 is 19.4 Å². The number of pyridine rings is 1. The van der Waals surface area contributed by atoms with Gasteiger partial charge in [-0.1, -0.05) is 42.5 Å². The molecule has 1 aliphatic rings. The van der Waals surface area contributed by atoms with Crippen LogP contribution in [0.3, 0.4) is 0 Å². The van der Waals surface area contributed by atoms with E-state index in [1.807, 2.05) is 13.0 Å². The lowest BCUT2D eigenvalue weighted by atomic mass is 9.96. The number of rotatable bonds is 5. The molecule has 1 fully saturated rings. The summed E-state index contributed by atoms with van der Waals surface area (Å²) in [6.07, 6.45) is 3.21. The standard InChI is InChI=1S/C24H20N2O4/c1-2-30-19-12-6-11-18(14-19)26-21(17-10-7-13-25-15-17)20(23(28)24(26)29)22(27)16-8-4-3-5-9-16/h3-15,21,27H,2H2,1H3/b22-20+. The van der Waals surface area contributed by atoms with E-state index >= 15 is 0 Å². The van der Waals surface area contributed by atoms with Crippen molar-refractivity contribution in [3.8, 4) is 5.75 Å². The summed E-state index contributed by atoms with van der Waals surface area (Å²) in [5.41, 5.74) is 1.62. The first-order valence-corrected chi connectivity index (χ1v) is 9.61. The molecule has 1 N–H and O–H groups in total. The van der Waals surface area contributed by atoms with Crippen LogP contribution < -0.4 is 9.64 Å². The molecule has 1 amide bonds. The van der Waals surface area contributed by atoms with Crippen molar-refractivity contribution in [3.05, 3.63) is 95.8 Å². The molecule has 0 radical (unpaired) electrons. The minimum atomic E-state index is -0.809. The zero-order valence-corrected chi connectivity index (χ0v) is 16.4. The Morgan fingerprint density at radius 3 is 2.57 bits per heavy atom. The zero-order valence-electron chi connectivity index (χ0n) is 16.4. The quantitative estimate of drug-likeness (QED) is 0.396. The molecule has 1 saturated heterocycles. The number of Topliss-reactive ketones (excluding diaryl/α,β-unsaturated/α-hetero) is 1. The molecule has 1 aliphatic heterocycles. The van der Waals surface area contributed by atoms with Crippen molar-refractivity contribution in [1.29, 1.82) is 0 Å². The molecular weight excluding hydrogens is 380 g/mol. The number of amides is 1. The molecule has 0 spiro atoms. The van der Waals surface area contributed by atoms with E-state index in [9.17, 15) is 14.7 Å². The summed E-state index contributed by atoms with van der Waals surface area (Å²) in [5.74, 6) is -1.09. The molecule has 1 aromatic heterocycles. The molecule has 6 heteroatoms. The van der Waals surface area contributed by atoms with Crippen molar-refractivity contribution in [1.82, 2.24) is 4.98 Å². The molecule has 1 atom stereocenters. The lowest BCUT2D eigenvalue weighted by molar-refractivity contribution is -0.132. The number of carbonyl (C=O) groups is 2. The second-order valence-electron chi connectivity index (χ2n) is 6.75. The van der Waals surface area contributed by atoms with Crippen LogP contribution in [0.4, 0.5) is 5.69 Å². The molecule has 6 nitrogen and oxygen atoms in total. The van der Waals surface area contributed by atoms with Gasteiger partial charge in [0.2, 0.25) is 0 Å². The third-order valence-corrected chi connectivity index (χ3v) is 4.90. The van der Waals surface area contributed by atoms with E-state index in [1.54, 1.807) is 73.1 Å². The van der Waals surface area contributed by atoms with Crippen molar-refractivity contribution in [3.63, 3.8) is 0 Å². The normalized spacial score (nSPS) is 17.9. The van der Waals surface area contributed by atoms with Gasteiger partial charge < -0.3 is 9.84 Å². The van der Waals surface area contributed by atoms with Gasteiger partial charge in [-0.05, 0) is 30.7 Å². The third-order valence-electron chi connectivity index (χ3n) is 4.90. The maximum Gasteiger partial charge on any atom is 0.300 e. The molecule has 2 aromatic carbocycles. The minimum absolute atomic E-state index is 0.0287. The van der Waals surface area contributed by atoms with Gasteiger partial charge in [-0.3, -0.25) is 19.5 Å². The maximum atomic E-state index is 13.1. The summed E-state index contributed by atoms with van der Waals surface area (Å²) in [5, 5.41) is 11.0. The molecule has 0 bridgehead atoms. The third kappa shape index (κ3) is 3.43. The Morgan fingerprint density at radius 2 is 1.87 bits per heavy atom. The SMILES string of the molecule is CCOc1cccc(N2C(=O)C(=O)/C(=C(/O)c3ccccc3)C2c2cccnc2)c1. The summed E-state index contributed by atoms with van der Waals surface area (Å²) in [6, 6.07) is 18.4. The van der Waals surface area contributed by atoms with Crippen LogP contribution in [0.25, 0.3) is 5.76 Å². The van der Waals surface area contributed by atoms with Crippen molar-refractivity contribution in [2.24, 2.45) is 0 Å². The van der Waals surface area contributed by atoms with E-state index in [0.29, 0.717) is 29.2 Å². The monoisotopic (exact) mass is 400 g/mol. The van der Waals surface area contributed by atoms with Gasteiger partial charge in [-0.15, -0.1) is 0 Å². The summed E-state index contributed by atoms with van der Waals surface area (Å²) in [4.78, 5) is 31.6. The Morgan fingerprint density at radius 1 is 1.07 bits per heavy atom. The van der Waals surface area contributed by atoms with Crippen LogP contribution >= 0.6 is 0 Å². The molecular formula is C24H20N2O4. The highest BCUT2D eigenvalue weighted by Crippen LogP contribution is 2.42. The highest BCUT2D eigenvalue weighted by atomic mass is 16.5. The summed E-state index contributed by atoms with van der Waals surface area (Å²) in [6.45, 7) is 2.34. The molecule has 0 saturated carbocycles. The predicted molar refractivity (Wildman–Crippen MR) is 113 cm³/mol. The van der Waals surface area contributed by atoms with Crippen LogP contribution in [0.1, 0.15) is 24.1 Å². The molecule has 1 unspecified atom stereocenters. The number of anilines is 1. The molecule has 4 rings (SSSR count). The van der Waals surface area contributed by atoms with Gasteiger partial charge in [0.1, 0.15) is 11.5 Å². The number of aromatic nitrogens is 1. The Bertz CT molecular complexity index is 1110. The van der Waals surface area contributed by atoms with Crippen molar-refractivity contribution in [2.45, 2.75) is 13.0 Å². The Hall–Kier alpha value is -3.93. The number of carbonyl (C=O) groups excluding carboxylic acids is 2. The summed E-state index contributed by atoms with van der Waals surface area (Å²) < 4.78 is 5.56. The van der Waals surface area contributed by atoms with Gasteiger partial charge in [-0.2, -0.15) is 0 Å². The number of nitrogens with zero attached hydrogens (tertiary/aromatic N) is 2. The first kappa shape index (κ1) is 19.4. The fourth-order valence-electron chi connectivity index (χ4n) is 3.59. The highest BCUT2D eigenvalue weighted by Gasteiger charge is 2.47. The predicted octanol–water partition coefficient (Wildman–Crippen LogP) is 4.11. The number of aliphatic hydroxyl groups excluding tert-OH is 1. The summed E-state index contributed by atoms with van der Waals surface area (Å²) >= 11 is 0. The summed E-state index contributed by atoms with van der Waals surface area (Å²) in [7, 11) is 0. The van der Waals surface area contributed by atoms with E-state index in [2.05, 4.69) is 4.98 Å². The fraction of sp³-hybridized carbons (Fsp3) is 0.125. The number of hydrogen-bond acceptors (Lipinski definition) is 5. The van der Waals surface area contributed by atoms with Crippen LogP contribution in [0.15, 0.2) is 84.7 Å². The highest BCUT2D eigenvalue weighted by molar-refractivity contribution is 6.51. The van der Waals surface area contributed by atoms with Gasteiger partial charge in [0.25, 0.3) is 11.7 Å². The van der Waals surface area contributed by atoms with Crippen LogP contribution in [-0.4, -0.2) is 28.4 Å². The number of aliphatic hydroxyl groups is 1. The van der Waals surface area contributed by atoms with Gasteiger partial charge in [-0.25, -0.2) is 0 Å². The second kappa shape index (κ2) is 8.21. The first-order valence-electron chi connectivity index (χ1n) is 9.61. The lowest BCUT2D eigenvalue weighted by Crippen LogP contribution is -2.29. The lowest BCUT2D eigenvalue weighted by Gasteiger charge is -2.25. The topological polar surface area (TPSA) is 79.7 Å². The van der Waals surface area contributed by atoms with E-state index in [-0.39, 0.29) is 11.3 Å². The van der Waals surface area contributed by atoms with E-state index in [4.69, 9.17) is 4.74 Å².